The van der Waals surface area contributed by atoms with Gasteiger partial charge in [-0.25, -0.2) is 0 Å². The van der Waals surface area contributed by atoms with Crippen molar-refractivity contribution in [2.75, 3.05) is 26.2 Å². The van der Waals surface area contributed by atoms with Crippen LogP contribution in [0.15, 0.2) is 21.9 Å². The molecule has 15 heavy (non-hydrogen) atoms. The summed E-state index contributed by atoms with van der Waals surface area (Å²) < 4.78 is 0. The summed E-state index contributed by atoms with van der Waals surface area (Å²) in [6, 6.07) is 0. The first-order valence-electron chi connectivity index (χ1n) is 5.11. The lowest BCUT2D eigenvalue weighted by Crippen LogP contribution is -2.23. The van der Waals surface area contributed by atoms with E-state index in [1.807, 2.05) is 0 Å². The van der Waals surface area contributed by atoms with E-state index in [9.17, 15) is 4.91 Å². The molecule has 3 N–H and O–H groups in total. The summed E-state index contributed by atoms with van der Waals surface area (Å²) in [5, 5.41) is 5.97. The Hall–Kier alpha value is -1.23. The second-order valence-corrected chi connectivity index (χ2v) is 3.65. The minimum Gasteiger partial charge on any atom is -0.404 e. The molecule has 0 aromatic heterocycles. The largest absolute Gasteiger partial charge is 0.404 e. The van der Waals surface area contributed by atoms with Crippen LogP contribution in [0.25, 0.3) is 0 Å². The Morgan fingerprint density at radius 2 is 2.20 bits per heavy atom. The van der Waals surface area contributed by atoms with Crippen LogP contribution in [0, 0.1) is 10.8 Å². The Labute approximate surface area is 90.8 Å². The summed E-state index contributed by atoms with van der Waals surface area (Å²) in [5.41, 5.74) is 6.34. The van der Waals surface area contributed by atoms with Crippen LogP contribution in [0.1, 0.15) is 13.8 Å². The molecular weight excluding hydrogens is 192 g/mol. The maximum atomic E-state index is 9.79. The van der Waals surface area contributed by atoms with Crippen LogP contribution in [-0.4, -0.2) is 32.4 Å². The molecule has 0 rings (SSSR count). The number of rotatable bonds is 8. The Morgan fingerprint density at radius 3 is 2.73 bits per heavy atom. The summed E-state index contributed by atoms with van der Waals surface area (Å²) in [7, 11) is 0. The summed E-state index contributed by atoms with van der Waals surface area (Å²) in [6.45, 7) is 6.57. The normalized spacial score (nSPS) is 12.6. The molecule has 0 unspecified atom stereocenters. The number of aliphatic imine (C=N–C) groups is 1. The van der Waals surface area contributed by atoms with Crippen molar-refractivity contribution in [3.05, 3.63) is 16.7 Å². The third kappa shape index (κ3) is 9.08. The van der Waals surface area contributed by atoms with Gasteiger partial charge in [0.25, 0.3) is 0 Å². The molecule has 0 aromatic rings. The maximum Gasteiger partial charge on any atom is 0.101 e. The zero-order valence-corrected chi connectivity index (χ0v) is 9.44. The first-order chi connectivity index (χ1) is 7.20. The van der Waals surface area contributed by atoms with E-state index in [0.29, 0.717) is 19.0 Å². The van der Waals surface area contributed by atoms with Crippen LogP contribution >= 0.6 is 0 Å². The highest BCUT2D eigenvalue weighted by atomic mass is 16.3. The number of nitrogens with two attached hydrogens (primary N) is 1. The van der Waals surface area contributed by atoms with Gasteiger partial charge in [-0.15, -0.1) is 0 Å². The van der Waals surface area contributed by atoms with Gasteiger partial charge in [-0.1, -0.05) is 19.0 Å². The fraction of sp³-hybridized carbons (Fsp3) is 0.700. The highest BCUT2D eigenvalue weighted by Crippen LogP contribution is 1.90. The van der Waals surface area contributed by atoms with Gasteiger partial charge in [-0.3, -0.25) is 4.99 Å². The third-order valence-electron chi connectivity index (χ3n) is 1.67. The first-order valence-corrected chi connectivity index (χ1v) is 5.11. The second-order valence-electron chi connectivity index (χ2n) is 3.65. The van der Waals surface area contributed by atoms with Crippen molar-refractivity contribution in [3.63, 3.8) is 0 Å². The summed E-state index contributed by atoms with van der Waals surface area (Å²) in [5.74, 6) is 0.611. The fourth-order valence-electron chi connectivity index (χ4n) is 0.933. The number of hydrogen-bond acceptors (Lipinski definition) is 5. The van der Waals surface area contributed by atoms with Gasteiger partial charge in [-0.2, -0.15) is 4.91 Å². The van der Waals surface area contributed by atoms with Crippen molar-refractivity contribution >= 4 is 6.21 Å². The topological polar surface area (TPSA) is 79.8 Å². The van der Waals surface area contributed by atoms with Crippen LogP contribution < -0.4 is 11.1 Å². The molecule has 0 aromatic carbocycles. The predicted molar refractivity (Wildman–Crippen MR) is 64.0 cm³/mol. The number of nitroso groups, excluding NO2 is 1. The molecule has 0 aliphatic carbocycles. The molecular formula is C10H20N4O. The quantitative estimate of drug-likeness (QED) is 0.356. The summed E-state index contributed by atoms with van der Waals surface area (Å²) >= 11 is 0. The summed E-state index contributed by atoms with van der Waals surface area (Å²) in [6.07, 6.45) is 3.20. The van der Waals surface area contributed by atoms with Crippen LogP contribution in [-0.2, 0) is 0 Å². The molecule has 0 aliphatic rings. The molecule has 0 saturated carbocycles. The molecule has 0 saturated heterocycles. The second kappa shape index (κ2) is 9.33. The van der Waals surface area contributed by atoms with Crippen LogP contribution in [0.2, 0.25) is 0 Å². The molecule has 0 aliphatic heterocycles. The standard InChI is InChI=1S/C10H20N4O/c1-9(2)6-13-8-10(5-11)7-12-3-4-14-15/h5,7,9,13H,3-4,6,8,11H2,1-2H3. The molecule has 0 bridgehead atoms. The van der Waals surface area contributed by atoms with Gasteiger partial charge in [-0.05, 0) is 24.2 Å². The SMILES string of the molecule is CC(C)CNCC(C=NCCN=O)=CN. The van der Waals surface area contributed by atoms with Gasteiger partial charge in [0.1, 0.15) is 6.54 Å². The highest BCUT2D eigenvalue weighted by Gasteiger charge is 1.95. The van der Waals surface area contributed by atoms with Crippen LogP contribution in [0.4, 0.5) is 0 Å². The average molecular weight is 212 g/mol. The smallest absolute Gasteiger partial charge is 0.101 e. The summed E-state index contributed by atoms with van der Waals surface area (Å²) in [4.78, 5) is 13.8. The van der Waals surface area contributed by atoms with Gasteiger partial charge < -0.3 is 11.1 Å². The Balaban J connectivity index is 3.73. The maximum absolute atomic E-state index is 9.79. The van der Waals surface area contributed by atoms with E-state index in [-0.39, 0.29) is 6.54 Å². The lowest BCUT2D eigenvalue weighted by molar-refractivity contribution is 0.574. The number of hydrogen-bond donors (Lipinski definition) is 2. The monoisotopic (exact) mass is 212 g/mol. The molecule has 0 radical (unpaired) electrons. The molecule has 0 fully saturated rings. The van der Waals surface area contributed by atoms with Crippen molar-refractivity contribution < 1.29 is 0 Å². The van der Waals surface area contributed by atoms with Gasteiger partial charge in [0, 0.05) is 12.8 Å². The molecule has 0 heterocycles. The highest BCUT2D eigenvalue weighted by molar-refractivity contribution is 5.78. The van der Waals surface area contributed by atoms with Gasteiger partial charge in [0.15, 0.2) is 0 Å². The van der Waals surface area contributed by atoms with Crippen molar-refractivity contribution in [2.24, 2.45) is 21.8 Å². The van der Waals surface area contributed by atoms with E-state index < -0.39 is 0 Å². The Bertz CT molecular complexity index is 223. The Kier molecular flexibility index (Phi) is 8.56. The van der Waals surface area contributed by atoms with Crippen LogP contribution in [0.3, 0.4) is 0 Å². The molecule has 0 atom stereocenters. The van der Waals surface area contributed by atoms with E-state index in [1.54, 1.807) is 6.21 Å². The number of nitrogens with one attached hydrogen (secondary N) is 1. The van der Waals surface area contributed by atoms with Gasteiger partial charge >= 0.3 is 0 Å². The zero-order chi connectivity index (χ0) is 11.5. The fourth-order valence-corrected chi connectivity index (χ4v) is 0.933. The third-order valence-corrected chi connectivity index (χ3v) is 1.67. The zero-order valence-electron chi connectivity index (χ0n) is 9.44. The number of nitrogens with zero attached hydrogens (tertiary/aromatic N) is 2. The van der Waals surface area contributed by atoms with Crippen molar-refractivity contribution in [1.29, 1.82) is 0 Å². The lowest BCUT2D eigenvalue weighted by atomic mass is 10.2. The van der Waals surface area contributed by atoms with E-state index >= 15 is 0 Å². The molecule has 5 heteroatoms. The molecule has 5 nitrogen and oxygen atoms in total. The van der Waals surface area contributed by atoms with E-state index in [2.05, 4.69) is 29.3 Å². The van der Waals surface area contributed by atoms with Crippen molar-refractivity contribution in [3.8, 4) is 0 Å². The molecule has 0 amide bonds. The first kappa shape index (κ1) is 13.8. The molecule has 0 spiro atoms. The van der Waals surface area contributed by atoms with Crippen molar-refractivity contribution in [1.82, 2.24) is 5.32 Å². The van der Waals surface area contributed by atoms with Crippen molar-refractivity contribution in [2.45, 2.75) is 13.8 Å². The molecule has 86 valence electrons. The average Bonchev–Trinajstić information content (AvgIpc) is 2.21. The van der Waals surface area contributed by atoms with E-state index in [0.717, 1.165) is 12.1 Å². The van der Waals surface area contributed by atoms with Crippen LogP contribution in [0.5, 0.6) is 0 Å². The Morgan fingerprint density at radius 1 is 1.47 bits per heavy atom. The lowest BCUT2D eigenvalue weighted by Gasteiger charge is -2.06. The minimum absolute atomic E-state index is 0.216. The minimum atomic E-state index is 0.216. The van der Waals surface area contributed by atoms with Gasteiger partial charge in [0.2, 0.25) is 0 Å². The van der Waals surface area contributed by atoms with E-state index in [4.69, 9.17) is 5.73 Å². The van der Waals surface area contributed by atoms with E-state index in [1.165, 1.54) is 6.20 Å². The predicted octanol–water partition coefficient (Wildman–Crippen LogP) is 0.912. The van der Waals surface area contributed by atoms with Gasteiger partial charge in [0.05, 0.1) is 6.54 Å².